The van der Waals surface area contributed by atoms with Gasteiger partial charge < -0.3 is 9.52 Å². The monoisotopic (exact) mass is 257 g/mol. The van der Waals surface area contributed by atoms with Crippen molar-refractivity contribution in [3.63, 3.8) is 0 Å². The molecule has 0 aliphatic carbocycles. The van der Waals surface area contributed by atoms with Gasteiger partial charge in [0.15, 0.2) is 0 Å². The summed E-state index contributed by atoms with van der Waals surface area (Å²) in [7, 11) is 0. The predicted octanol–water partition coefficient (Wildman–Crippen LogP) is 2.80. The van der Waals surface area contributed by atoms with E-state index in [1.54, 1.807) is 0 Å². The molecule has 0 aliphatic heterocycles. The highest BCUT2D eigenvalue weighted by Crippen LogP contribution is 2.31. The van der Waals surface area contributed by atoms with Crippen LogP contribution in [0.4, 0.5) is 8.78 Å². The molecule has 0 amide bonds. The molecule has 1 aromatic heterocycles. The van der Waals surface area contributed by atoms with Gasteiger partial charge in [-0.25, -0.2) is 18.6 Å². The molecule has 0 bridgehead atoms. The molecule has 0 spiro atoms. The van der Waals surface area contributed by atoms with Gasteiger partial charge in [0.1, 0.15) is 17.9 Å². The summed E-state index contributed by atoms with van der Waals surface area (Å²) in [5, 5.41) is 8.69. The Hall–Kier alpha value is -1.89. The molecule has 1 aromatic carbocycles. The number of hydrogen-bond donors (Lipinski definition) is 1. The Morgan fingerprint density at radius 2 is 2.00 bits per heavy atom. The normalized spacial score (nSPS) is 10.5. The quantitative estimate of drug-likeness (QED) is 0.915. The molecule has 7 heteroatoms. The van der Waals surface area contributed by atoms with Gasteiger partial charge in [0.05, 0.1) is 16.7 Å². The van der Waals surface area contributed by atoms with E-state index in [4.69, 9.17) is 9.52 Å². The van der Waals surface area contributed by atoms with Gasteiger partial charge in [-0.1, -0.05) is 0 Å². The largest absolute Gasteiger partial charge is 0.478 e. The van der Waals surface area contributed by atoms with E-state index in [0.717, 1.165) is 12.1 Å². The van der Waals surface area contributed by atoms with Crippen LogP contribution >= 0.6 is 11.8 Å². The Morgan fingerprint density at radius 1 is 1.35 bits per heavy atom. The lowest BCUT2D eigenvalue weighted by molar-refractivity contribution is 0.0695. The van der Waals surface area contributed by atoms with E-state index in [0.29, 0.717) is 11.8 Å². The standard InChI is InChI=1S/C10H5F2NO3S/c11-6-3-5(9(14)15)4-7(12)8(6)17-10-13-1-2-16-10/h1-4H,(H,14,15). The first-order valence-corrected chi connectivity index (χ1v) is 5.19. The average Bonchev–Trinajstić information content (AvgIpc) is 2.75. The highest BCUT2D eigenvalue weighted by atomic mass is 32.2. The number of rotatable bonds is 3. The van der Waals surface area contributed by atoms with E-state index >= 15 is 0 Å². The van der Waals surface area contributed by atoms with Crippen LogP contribution < -0.4 is 0 Å². The van der Waals surface area contributed by atoms with Gasteiger partial charge in [0, 0.05) is 0 Å². The second kappa shape index (κ2) is 4.54. The smallest absolute Gasteiger partial charge is 0.335 e. The number of oxazole rings is 1. The second-order valence-electron chi connectivity index (χ2n) is 2.97. The number of aromatic carboxylic acids is 1. The molecule has 2 aromatic rings. The Labute approximate surface area is 98.3 Å². The van der Waals surface area contributed by atoms with Crippen molar-refractivity contribution < 1.29 is 23.1 Å². The topological polar surface area (TPSA) is 63.3 Å². The van der Waals surface area contributed by atoms with Crippen molar-refractivity contribution in [2.45, 2.75) is 10.1 Å². The fraction of sp³-hybridized carbons (Fsp3) is 0. The van der Waals surface area contributed by atoms with E-state index in [9.17, 15) is 13.6 Å². The Balaban J connectivity index is 2.38. The van der Waals surface area contributed by atoms with Gasteiger partial charge in [0.2, 0.25) is 0 Å². The van der Waals surface area contributed by atoms with E-state index < -0.39 is 23.2 Å². The molecule has 0 unspecified atom stereocenters. The molecule has 0 fully saturated rings. The maximum absolute atomic E-state index is 13.5. The minimum atomic E-state index is -1.39. The van der Waals surface area contributed by atoms with Crippen molar-refractivity contribution >= 4 is 17.7 Å². The number of carboxylic acids is 1. The number of aromatic nitrogens is 1. The van der Waals surface area contributed by atoms with Crippen LogP contribution in [-0.4, -0.2) is 16.1 Å². The fourth-order valence-corrected chi connectivity index (χ4v) is 1.83. The number of nitrogens with zero attached hydrogens (tertiary/aromatic N) is 1. The van der Waals surface area contributed by atoms with E-state index in [1.165, 1.54) is 12.5 Å². The van der Waals surface area contributed by atoms with Crippen molar-refractivity contribution in [2.75, 3.05) is 0 Å². The van der Waals surface area contributed by atoms with Crippen LogP contribution in [0.15, 0.2) is 39.1 Å². The Bertz CT molecular complexity index is 534. The molecule has 4 nitrogen and oxygen atoms in total. The molecular formula is C10H5F2NO3S. The van der Waals surface area contributed by atoms with E-state index in [1.807, 2.05) is 0 Å². The first-order chi connectivity index (χ1) is 8.08. The molecule has 17 heavy (non-hydrogen) atoms. The third kappa shape index (κ3) is 2.44. The van der Waals surface area contributed by atoms with E-state index in [2.05, 4.69) is 4.98 Å². The molecule has 0 radical (unpaired) electrons. The van der Waals surface area contributed by atoms with Crippen molar-refractivity contribution in [1.29, 1.82) is 0 Å². The van der Waals surface area contributed by atoms with Crippen LogP contribution in [0.25, 0.3) is 0 Å². The average molecular weight is 257 g/mol. The van der Waals surface area contributed by atoms with Crippen LogP contribution in [0.5, 0.6) is 0 Å². The van der Waals surface area contributed by atoms with Crippen molar-refractivity contribution in [2.24, 2.45) is 0 Å². The SMILES string of the molecule is O=C(O)c1cc(F)c(Sc2ncco2)c(F)c1. The van der Waals surface area contributed by atoms with Crippen LogP contribution in [0.3, 0.4) is 0 Å². The Kier molecular flexibility index (Phi) is 3.10. The van der Waals surface area contributed by atoms with Crippen LogP contribution in [0, 0.1) is 11.6 Å². The summed E-state index contributed by atoms with van der Waals surface area (Å²) in [6, 6.07) is 1.49. The van der Waals surface area contributed by atoms with Crippen molar-refractivity contribution in [1.82, 2.24) is 4.98 Å². The molecule has 2 rings (SSSR count). The molecule has 0 aliphatic rings. The van der Waals surface area contributed by atoms with Crippen molar-refractivity contribution in [3.05, 3.63) is 41.8 Å². The minimum Gasteiger partial charge on any atom is -0.478 e. The predicted molar refractivity (Wildman–Crippen MR) is 53.9 cm³/mol. The van der Waals surface area contributed by atoms with Crippen LogP contribution in [0.1, 0.15) is 10.4 Å². The summed E-state index contributed by atoms with van der Waals surface area (Å²) >= 11 is 0.647. The van der Waals surface area contributed by atoms with Crippen molar-refractivity contribution in [3.8, 4) is 0 Å². The number of hydrogen-bond acceptors (Lipinski definition) is 4. The highest BCUT2D eigenvalue weighted by Gasteiger charge is 2.17. The zero-order chi connectivity index (χ0) is 12.4. The zero-order valence-electron chi connectivity index (χ0n) is 8.18. The highest BCUT2D eigenvalue weighted by molar-refractivity contribution is 7.99. The molecule has 1 N–H and O–H groups in total. The summed E-state index contributed by atoms with van der Waals surface area (Å²) in [5.41, 5.74) is -0.447. The first-order valence-electron chi connectivity index (χ1n) is 4.37. The number of benzene rings is 1. The lowest BCUT2D eigenvalue weighted by atomic mass is 10.2. The van der Waals surface area contributed by atoms with Gasteiger partial charge in [-0.05, 0) is 23.9 Å². The first kappa shape index (κ1) is 11.6. The third-order valence-electron chi connectivity index (χ3n) is 1.84. The molecule has 1 heterocycles. The molecule has 88 valence electrons. The molecule has 0 atom stereocenters. The lowest BCUT2D eigenvalue weighted by Crippen LogP contribution is -2.00. The zero-order valence-corrected chi connectivity index (χ0v) is 9.00. The van der Waals surface area contributed by atoms with Gasteiger partial charge >= 0.3 is 5.97 Å². The summed E-state index contributed by atoms with van der Waals surface area (Å²) in [5.74, 6) is -3.33. The van der Waals surface area contributed by atoms with Crippen LogP contribution in [0.2, 0.25) is 0 Å². The summed E-state index contributed by atoms with van der Waals surface area (Å²) < 4.78 is 31.8. The summed E-state index contributed by atoms with van der Waals surface area (Å²) in [6.45, 7) is 0. The summed E-state index contributed by atoms with van der Waals surface area (Å²) in [6.07, 6.45) is 2.60. The van der Waals surface area contributed by atoms with Gasteiger partial charge in [-0.2, -0.15) is 0 Å². The van der Waals surface area contributed by atoms with Gasteiger partial charge in [-0.3, -0.25) is 0 Å². The fourth-order valence-electron chi connectivity index (χ4n) is 1.13. The maximum atomic E-state index is 13.5. The molecule has 0 saturated carbocycles. The van der Waals surface area contributed by atoms with Gasteiger partial charge in [-0.15, -0.1) is 0 Å². The third-order valence-corrected chi connectivity index (χ3v) is 2.81. The molecular weight excluding hydrogens is 252 g/mol. The van der Waals surface area contributed by atoms with Crippen LogP contribution in [-0.2, 0) is 0 Å². The second-order valence-corrected chi connectivity index (χ2v) is 3.94. The molecule has 0 saturated heterocycles. The lowest BCUT2D eigenvalue weighted by Gasteiger charge is -2.03. The Morgan fingerprint density at radius 3 is 2.47 bits per heavy atom. The van der Waals surface area contributed by atoms with E-state index in [-0.39, 0.29) is 10.1 Å². The summed E-state index contributed by atoms with van der Waals surface area (Å²) in [4.78, 5) is 13.9. The number of carboxylic acid groups (broad SMARTS) is 1. The van der Waals surface area contributed by atoms with Gasteiger partial charge in [0.25, 0.3) is 5.22 Å². The number of carbonyl (C=O) groups is 1. The minimum absolute atomic E-state index is 0.0749. The number of halogens is 2. The maximum Gasteiger partial charge on any atom is 0.335 e.